The van der Waals surface area contributed by atoms with Gasteiger partial charge in [0.15, 0.2) is 0 Å². The molecule has 1 fully saturated rings. The quantitative estimate of drug-likeness (QED) is 0.920. The van der Waals surface area contributed by atoms with Crippen molar-refractivity contribution in [3.8, 4) is 0 Å². The van der Waals surface area contributed by atoms with Crippen molar-refractivity contribution in [2.45, 2.75) is 25.9 Å². The Morgan fingerprint density at radius 1 is 1.39 bits per heavy atom. The maximum absolute atomic E-state index is 13.9. The normalized spacial score (nSPS) is 17.1. The van der Waals surface area contributed by atoms with Crippen molar-refractivity contribution in [1.29, 1.82) is 0 Å². The van der Waals surface area contributed by atoms with Gasteiger partial charge in [0, 0.05) is 17.1 Å². The Bertz CT molecular complexity index is 382. The topological polar surface area (TPSA) is 21.3 Å². The van der Waals surface area contributed by atoms with Crippen LogP contribution in [0.4, 0.5) is 4.39 Å². The smallest absolute Gasteiger partial charge is 0.130 e. The number of nitrogens with one attached hydrogen (secondary N) is 1. The summed E-state index contributed by atoms with van der Waals surface area (Å²) in [6.07, 6.45) is 3.32. The van der Waals surface area contributed by atoms with E-state index in [1.165, 1.54) is 12.8 Å². The molecule has 0 spiro atoms. The molecule has 1 aliphatic heterocycles. The second-order valence-electron chi connectivity index (χ2n) is 4.87. The minimum Gasteiger partial charge on any atom is -0.380 e. The number of methoxy groups -OCH3 is 1. The van der Waals surface area contributed by atoms with Crippen LogP contribution in [0.25, 0.3) is 0 Å². The van der Waals surface area contributed by atoms with E-state index in [1.807, 2.05) is 6.07 Å². The van der Waals surface area contributed by atoms with Gasteiger partial charge < -0.3 is 10.1 Å². The van der Waals surface area contributed by atoms with E-state index in [4.69, 9.17) is 4.74 Å². The van der Waals surface area contributed by atoms with Gasteiger partial charge >= 0.3 is 0 Å². The fourth-order valence-corrected chi connectivity index (χ4v) is 3.07. The predicted octanol–water partition coefficient (Wildman–Crippen LogP) is 3.28. The van der Waals surface area contributed by atoms with Gasteiger partial charge in [-0.1, -0.05) is 15.9 Å². The van der Waals surface area contributed by atoms with Crippen LogP contribution in [-0.4, -0.2) is 20.2 Å². The molecule has 0 aliphatic carbocycles. The summed E-state index contributed by atoms with van der Waals surface area (Å²) in [5.41, 5.74) is 1.68. The lowest BCUT2D eigenvalue weighted by molar-refractivity contribution is 0.181. The molecule has 4 heteroatoms. The molecule has 1 aromatic carbocycles. The Balaban J connectivity index is 2.09. The highest BCUT2D eigenvalue weighted by molar-refractivity contribution is 9.10. The van der Waals surface area contributed by atoms with E-state index in [1.54, 1.807) is 13.2 Å². The highest BCUT2D eigenvalue weighted by Crippen LogP contribution is 2.26. The highest BCUT2D eigenvalue weighted by atomic mass is 79.9. The molecular formula is C14H19BrFNO. The van der Waals surface area contributed by atoms with E-state index in [2.05, 4.69) is 21.2 Å². The highest BCUT2D eigenvalue weighted by Gasteiger charge is 2.16. The number of rotatable bonds is 4. The molecule has 0 saturated carbocycles. The number of hydrogen-bond donors (Lipinski definition) is 1. The van der Waals surface area contributed by atoms with Crippen molar-refractivity contribution in [2.75, 3.05) is 20.2 Å². The first kappa shape index (κ1) is 14.0. The third kappa shape index (κ3) is 3.53. The second-order valence-corrected chi connectivity index (χ2v) is 5.72. The van der Waals surface area contributed by atoms with Gasteiger partial charge in [-0.2, -0.15) is 0 Å². The fourth-order valence-electron chi connectivity index (χ4n) is 2.47. The van der Waals surface area contributed by atoms with Crippen molar-refractivity contribution in [1.82, 2.24) is 5.32 Å². The molecule has 1 aromatic rings. The molecule has 0 bridgehead atoms. The molecule has 100 valence electrons. The van der Waals surface area contributed by atoms with Gasteiger partial charge in [-0.05, 0) is 56.0 Å². The van der Waals surface area contributed by atoms with Crippen LogP contribution in [0.15, 0.2) is 16.6 Å². The molecule has 1 saturated heterocycles. The summed E-state index contributed by atoms with van der Waals surface area (Å²) in [6, 6.07) is 3.68. The monoisotopic (exact) mass is 315 g/mol. The zero-order chi connectivity index (χ0) is 13.0. The zero-order valence-electron chi connectivity index (χ0n) is 10.6. The fraction of sp³-hybridized carbons (Fsp3) is 0.571. The average Bonchev–Trinajstić information content (AvgIpc) is 2.35. The Kier molecular flexibility index (Phi) is 5.15. The maximum Gasteiger partial charge on any atom is 0.130 e. The van der Waals surface area contributed by atoms with Crippen molar-refractivity contribution < 1.29 is 9.13 Å². The van der Waals surface area contributed by atoms with Crippen LogP contribution in [-0.2, 0) is 17.8 Å². The standard InChI is InChI=1S/C14H19BrFNO/c1-18-9-12-13(15)7-11(8-14(12)16)6-10-2-4-17-5-3-10/h7-8,10,17H,2-6,9H2,1H3. The summed E-state index contributed by atoms with van der Waals surface area (Å²) < 4.78 is 19.7. The van der Waals surface area contributed by atoms with Gasteiger partial charge in [0.25, 0.3) is 0 Å². The Morgan fingerprint density at radius 3 is 2.72 bits per heavy atom. The van der Waals surface area contributed by atoms with Crippen LogP contribution in [0.2, 0.25) is 0 Å². The summed E-state index contributed by atoms with van der Waals surface area (Å²) in [5, 5.41) is 3.35. The molecule has 0 aromatic heterocycles. The van der Waals surface area contributed by atoms with Crippen LogP contribution < -0.4 is 5.32 Å². The lowest BCUT2D eigenvalue weighted by Gasteiger charge is -2.22. The zero-order valence-corrected chi connectivity index (χ0v) is 12.2. The number of halogens is 2. The number of benzene rings is 1. The number of hydrogen-bond acceptors (Lipinski definition) is 2. The van der Waals surface area contributed by atoms with Gasteiger partial charge in [-0.3, -0.25) is 0 Å². The summed E-state index contributed by atoms with van der Waals surface area (Å²) in [5.74, 6) is 0.501. The molecule has 1 N–H and O–H groups in total. The molecule has 2 nitrogen and oxygen atoms in total. The SMILES string of the molecule is COCc1c(F)cc(CC2CCNCC2)cc1Br. The van der Waals surface area contributed by atoms with E-state index in [9.17, 15) is 4.39 Å². The van der Waals surface area contributed by atoms with Gasteiger partial charge in [0.05, 0.1) is 6.61 Å². The largest absolute Gasteiger partial charge is 0.380 e. The van der Waals surface area contributed by atoms with Crippen LogP contribution in [0.5, 0.6) is 0 Å². The molecule has 0 atom stereocenters. The van der Waals surface area contributed by atoms with Gasteiger partial charge in [0.1, 0.15) is 5.82 Å². The van der Waals surface area contributed by atoms with Crippen molar-refractivity contribution in [2.24, 2.45) is 5.92 Å². The van der Waals surface area contributed by atoms with E-state index >= 15 is 0 Å². The Labute approximate surface area is 116 Å². The van der Waals surface area contributed by atoms with Crippen LogP contribution in [0.1, 0.15) is 24.0 Å². The molecular weight excluding hydrogens is 297 g/mol. The average molecular weight is 316 g/mol. The van der Waals surface area contributed by atoms with Gasteiger partial charge in [0.2, 0.25) is 0 Å². The minimum atomic E-state index is -0.171. The third-order valence-electron chi connectivity index (χ3n) is 3.47. The second kappa shape index (κ2) is 6.64. The summed E-state index contributed by atoms with van der Waals surface area (Å²) in [7, 11) is 1.58. The first-order valence-corrected chi connectivity index (χ1v) is 7.16. The van der Waals surface area contributed by atoms with E-state index in [0.717, 1.165) is 29.5 Å². The Morgan fingerprint density at radius 2 is 2.11 bits per heavy atom. The maximum atomic E-state index is 13.9. The predicted molar refractivity (Wildman–Crippen MR) is 74.1 cm³/mol. The lowest BCUT2D eigenvalue weighted by atomic mass is 9.90. The van der Waals surface area contributed by atoms with E-state index < -0.39 is 0 Å². The van der Waals surface area contributed by atoms with E-state index in [0.29, 0.717) is 18.1 Å². The molecule has 0 radical (unpaired) electrons. The van der Waals surface area contributed by atoms with Gasteiger partial charge in [-0.25, -0.2) is 4.39 Å². The lowest BCUT2D eigenvalue weighted by Crippen LogP contribution is -2.28. The molecule has 2 rings (SSSR count). The first-order valence-electron chi connectivity index (χ1n) is 6.37. The van der Waals surface area contributed by atoms with Crippen molar-refractivity contribution >= 4 is 15.9 Å². The van der Waals surface area contributed by atoms with Crippen molar-refractivity contribution in [3.05, 3.63) is 33.5 Å². The Hall–Kier alpha value is -0.450. The molecule has 1 heterocycles. The van der Waals surface area contributed by atoms with E-state index in [-0.39, 0.29) is 5.82 Å². The van der Waals surface area contributed by atoms with Crippen LogP contribution >= 0.6 is 15.9 Å². The van der Waals surface area contributed by atoms with Crippen LogP contribution in [0.3, 0.4) is 0 Å². The van der Waals surface area contributed by atoms with Crippen LogP contribution in [0, 0.1) is 11.7 Å². The van der Waals surface area contributed by atoms with Gasteiger partial charge in [-0.15, -0.1) is 0 Å². The third-order valence-corrected chi connectivity index (χ3v) is 4.18. The number of ether oxygens (including phenoxy) is 1. The summed E-state index contributed by atoms with van der Waals surface area (Å²) in [6.45, 7) is 2.46. The first-order chi connectivity index (χ1) is 8.70. The molecule has 18 heavy (non-hydrogen) atoms. The minimum absolute atomic E-state index is 0.171. The molecule has 0 unspecified atom stereocenters. The summed E-state index contributed by atoms with van der Waals surface area (Å²) >= 11 is 3.43. The molecule has 1 aliphatic rings. The summed E-state index contributed by atoms with van der Waals surface area (Å²) in [4.78, 5) is 0. The number of piperidine rings is 1. The molecule has 0 amide bonds. The van der Waals surface area contributed by atoms with Crippen molar-refractivity contribution in [3.63, 3.8) is 0 Å².